The van der Waals surface area contributed by atoms with E-state index in [2.05, 4.69) is 72.8 Å². The molecule has 0 radical (unpaired) electrons. The molecule has 0 bridgehead atoms. The first-order valence-corrected chi connectivity index (χ1v) is 14.2. The first-order chi connectivity index (χ1) is 20.7. The zero-order valence-corrected chi connectivity index (χ0v) is 23.7. The van der Waals surface area contributed by atoms with Crippen molar-refractivity contribution in [3.8, 4) is 45.3 Å². The summed E-state index contributed by atoms with van der Waals surface area (Å²) >= 11 is 6.05. The molecule has 3 nitrogen and oxygen atoms in total. The molecule has 0 aliphatic heterocycles. The summed E-state index contributed by atoms with van der Waals surface area (Å²) < 4.78 is 18.8. The minimum Gasteiger partial charge on any atom is -0.485 e. The van der Waals surface area contributed by atoms with E-state index < -0.39 is 0 Å². The Morgan fingerprint density at radius 1 is 0.405 bits per heavy atom. The maximum atomic E-state index is 6.37. The Bertz CT molecular complexity index is 1750. The van der Waals surface area contributed by atoms with Crippen LogP contribution in [-0.2, 0) is 13.2 Å². The van der Waals surface area contributed by atoms with Crippen molar-refractivity contribution in [1.29, 1.82) is 0 Å². The zero-order chi connectivity index (χ0) is 28.6. The van der Waals surface area contributed by atoms with Gasteiger partial charge < -0.3 is 14.2 Å². The third kappa shape index (κ3) is 7.01. The van der Waals surface area contributed by atoms with E-state index in [1.54, 1.807) is 12.1 Å². The lowest BCUT2D eigenvalue weighted by atomic mass is 10.0. The molecule has 0 atom stereocenters. The second kappa shape index (κ2) is 13.1. The van der Waals surface area contributed by atoms with Gasteiger partial charge in [0, 0.05) is 11.1 Å². The fourth-order valence-corrected chi connectivity index (χ4v) is 4.81. The molecule has 0 saturated carbocycles. The molecule has 4 heteroatoms. The van der Waals surface area contributed by atoms with Crippen LogP contribution < -0.4 is 14.2 Å². The number of rotatable bonds is 10. The molecule has 0 unspecified atom stereocenters. The van der Waals surface area contributed by atoms with Crippen LogP contribution in [0.5, 0.6) is 23.0 Å². The van der Waals surface area contributed by atoms with Crippen LogP contribution in [-0.4, -0.2) is 0 Å². The highest BCUT2D eigenvalue weighted by Gasteiger charge is 2.11. The van der Waals surface area contributed by atoms with Gasteiger partial charge in [0.25, 0.3) is 0 Å². The van der Waals surface area contributed by atoms with Gasteiger partial charge in [-0.3, -0.25) is 0 Å². The monoisotopic (exact) mass is 568 g/mol. The Hall–Kier alpha value is -4.99. The van der Waals surface area contributed by atoms with Crippen molar-refractivity contribution in [3.63, 3.8) is 0 Å². The Balaban J connectivity index is 1.23. The summed E-state index contributed by atoms with van der Waals surface area (Å²) in [5, 5.41) is 0.657. The average molecular weight is 569 g/mol. The summed E-state index contributed by atoms with van der Waals surface area (Å²) in [6.07, 6.45) is 0. The molecule has 42 heavy (non-hydrogen) atoms. The quantitative estimate of drug-likeness (QED) is 0.164. The lowest BCUT2D eigenvalue weighted by Crippen LogP contribution is -2.01. The summed E-state index contributed by atoms with van der Waals surface area (Å²) in [6.45, 7) is 0.781. The molecule has 0 amide bonds. The van der Waals surface area contributed by atoms with E-state index >= 15 is 0 Å². The second-order valence-corrected chi connectivity index (χ2v) is 10.3. The molecular weight excluding hydrogens is 540 g/mol. The maximum Gasteiger partial charge on any atom is 0.165 e. The Morgan fingerprint density at radius 3 is 1.48 bits per heavy atom. The fourth-order valence-electron chi connectivity index (χ4n) is 4.69. The van der Waals surface area contributed by atoms with Crippen LogP contribution in [0.1, 0.15) is 11.1 Å². The fraction of sp³-hybridized carbons (Fsp3) is 0.0526. The van der Waals surface area contributed by atoms with E-state index in [1.165, 1.54) is 11.1 Å². The first kappa shape index (κ1) is 27.2. The van der Waals surface area contributed by atoms with Crippen molar-refractivity contribution in [1.82, 2.24) is 0 Å². The van der Waals surface area contributed by atoms with Crippen LogP contribution in [0.2, 0.25) is 5.02 Å². The van der Waals surface area contributed by atoms with Gasteiger partial charge in [-0.25, -0.2) is 0 Å². The van der Waals surface area contributed by atoms with Gasteiger partial charge in [0.05, 0.1) is 0 Å². The Labute approximate surface area is 251 Å². The maximum absolute atomic E-state index is 6.37. The topological polar surface area (TPSA) is 27.7 Å². The van der Waals surface area contributed by atoms with Gasteiger partial charge in [-0.15, -0.1) is 0 Å². The zero-order valence-electron chi connectivity index (χ0n) is 23.0. The normalized spacial score (nSPS) is 10.7. The molecule has 0 fully saturated rings. The largest absolute Gasteiger partial charge is 0.485 e. The van der Waals surface area contributed by atoms with Gasteiger partial charge in [-0.2, -0.15) is 0 Å². The summed E-state index contributed by atoms with van der Waals surface area (Å²) in [4.78, 5) is 0. The Kier molecular flexibility index (Phi) is 8.49. The van der Waals surface area contributed by atoms with E-state index in [4.69, 9.17) is 25.8 Å². The van der Waals surface area contributed by atoms with E-state index in [9.17, 15) is 0 Å². The average Bonchev–Trinajstić information content (AvgIpc) is 3.05. The van der Waals surface area contributed by atoms with Gasteiger partial charge in [0.15, 0.2) is 11.5 Å². The highest BCUT2D eigenvalue weighted by atomic mass is 35.5. The molecule has 0 aromatic heterocycles. The summed E-state index contributed by atoms with van der Waals surface area (Å²) in [6, 6.07) is 50.3. The summed E-state index contributed by atoms with van der Waals surface area (Å²) in [7, 11) is 0. The van der Waals surface area contributed by atoms with Gasteiger partial charge >= 0.3 is 0 Å². The van der Waals surface area contributed by atoms with Gasteiger partial charge in [0.1, 0.15) is 24.7 Å². The molecule has 0 aliphatic rings. The molecule has 6 rings (SSSR count). The van der Waals surface area contributed by atoms with Crippen LogP contribution in [0.15, 0.2) is 152 Å². The lowest BCUT2D eigenvalue weighted by Gasteiger charge is -2.16. The molecule has 0 heterocycles. The SMILES string of the molecule is Clc1ccc(Oc2ccc(OCc3cccc(-c4ccccc4)c3)c(OCc3cccc(-c4ccccc4)c3)c2)cc1. The molecule has 0 spiro atoms. The third-order valence-electron chi connectivity index (χ3n) is 6.82. The predicted molar refractivity (Wildman–Crippen MR) is 170 cm³/mol. The molecule has 0 saturated heterocycles. The van der Waals surface area contributed by atoms with Crippen molar-refractivity contribution in [3.05, 3.63) is 168 Å². The van der Waals surface area contributed by atoms with Crippen LogP contribution in [0.3, 0.4) is 0 Å². The van der Waals surface area contributed by atoms with Crippen molar-refractivity contribution in [2.45, 2.75) is 13.2 Å². The van der Waals surface area contributed by atoms with Crippen LogP contribution in [0.25, 0.3) is 22.3 Å². The molecule has 0 aliphatic carbocycles. The van der Waals surface area contributed by atoms with E-state index in [1.807, 2.05) is 66.7 Å². The van der Waals surface area contributed by atoms with Gasteiger partial charge in [-0.05, 0) is 81.9 Å². The number of benzene rings is 6. The van der Waals surface area contributed by atoms with Gasteiger partial charge in [0.2, 0.25) is 0 Å². The highest BCUT2D eigenvalue weighted by Crippen LogP contribution is 2.35. The molecule has 0 N–H and O–H groups in total. The van der Waals surface area contributed by atoms with E-state index in [0.29, 0.717) is 41.2 Å². The second-order valence-electron chi connectivity index (χ2n) is 9.87. The molecule has 6 aromatic carbocycles. The summed E-state index contributed by atoms with van der Waals surface area (Å²) in [5.41, 5.74) is 6.76. The standard InChI is InChI=1S/C38H29ClO3/c39-34-17-19-35(20-18-34)42-36-21-22-37(40-26-28-9-7-15-32(23-28)30-11-3-1-4-12-30)38(25-36)41-27-29-10-8-16-33(24-29)31-13-5-2-6-14-31/h1-25H,26-27H2. The molecule has 6 aromatic rings. The van der Waals surface area contributed by atoms with Crippen molar-refractivity contribution in [2.75, 3.05) is 0 Å². The van der Waals surface area contributed by atoms with Crippen molar-refractivity contribution < 1.29 is 14.2 Å². The predicted octanol–water partition coefficient (Wildman–Crippen LogP) is 10.6. The smallest absolute Gasteiger partial charge is 0.165 e. The number of hydrogen-bond acceptors (Lipinski definition) is 3. The van der Waals surface area contributed by atoms with Crippen LogP contribution in [0, 0.1) is 0 Å². The number of ether oxygens (including phenoxy) is 3. The van der Waals surface area contributed by atoms with Gasteiger partial charge in [-0.1, -0.05) is 109 Å². The molecular formula is C38H29ClO3. The number of hydrogen-bond donors (Lipinski definition) is 0. The van der Waals surface area contributed by atoms with Crippen LogP contribution >= 0.6 is 11.6 Å². The molecule has 206 valence electrons. The third-order valence-corrected chi connectivity index (χ3v) is 7.07. The lowest BCUT2D eigenvalue weighted by molar-refractivity contribution is 0.255. The minimum absolute atomic E-state index is 0.380. The van der Waals surface area contributed by atoms with E-state index in [0.717, 1.165) is 22.3 Å². The minimum atomic E-state index is 0.380. The van der Waals surface area contributed by atoms with Crippen molar-refractivity contribution in [2.24, 2.45) is 0 Å². The Morgan fingerprint density at radius 2 is 0.905 bits per heavy atom. The van der Waals surface area contributed by atoms with Crippen LogP contribution in [0.4, 0.5) is 0 Å². The summed E-state index contributed by atoms with van der Waals surface area (Å²) in [5.74, 6) is 2.57. The highest BCUT2D eigenvalue weighted by molar-refractivity contribution is 6.30. The number of halogens is 1. The van der Waals surface area contributed by atoms with E-state index in [-0.39, 0.29) is 0 Å². The van der Waals surface area contributed by atoms with Crippen molar-refractivity contribution >= 4 is 11.6 Å². The first-order valence-electron chi connectivity index (χ1n) is 13.8.